The lowest BCUT2D eigenvalue weighted by molar-refractivity contribution is -0.143. The van der Waals surface area contributed by atoms with Crippen molar-refractivity contribution >= 4 is 39.2 Å². The Balaban J connectivity index is 1.91. The molecule has 3 rings (SSSR count). The van der Waals surface area contributed by atoms with Crippen LogP contribution in [0.5, 0.6) is 0 Å². The first-order valence-corrected chi connectivity index (χ1v) is 13.8. The fourth-order valence-corrected chi connectivity index (χ4v) is 5.24. The van der Waals surface area contributed by atoms with E-state index in [0.717, 1.165) is 6.26 Å². The zero-order chi connectivity index (χ0) is 28.5. The molecular formula is C24H23Cl2F6NO4S. The SMILES string of the molecule is CS(=O)(=O)OCC[C@]1(c2ccc(Cl)c(Cl)c2)CCCN(C(=O)Cc2cc(C(F)(F)F)cc(C(F)(F)F)c2)C1. The zero-order valence-corrected chi connectivity index (χ0v) is 22.3. The quantitative estimate of drug-likeness (QED) is 0.267. The predicted molar refractivity (Wildman–Crippen MR) is 130 cm³/mol. The van der Waals surface area contributed by atoms with Crippen molar-refractivity contribution < 1.29 is 43.7 Å². The molecule has 1 aliphatic rings. The van der Waals surface area contributed by atoms with E-state index in [2.05, 4.69) is 0 Å². The Kier molecular flexibility index (Phi) is 9.02. The maximum atomic E-state index is 13.2. The minimum atomic E-state index is -5.03. The summed E-state index contributed by atoms with van der Waals surface area (Å²) in [6, 6.07) is 5.87. The molecule has 210 valence electrons. The van der Waals surface area contributed by atoms with Crippen LogP contribution in [0, 0.1) is 0 Å². The molecule has 0 unspecified atom stereocenters. The molecule has 38 heavy (non-hydrogen) atoms. The van der Waals surface area contributed by atoms with Gasteiger partial charge in [-0.05, 0) is 60.7 Å². The van der Waals surface area contributed by atoms with Crippen molar-refractivity contribution in [2.75, 3.05) is 26.0 Å². The number of piperidine rings is 1. The molecule has 2 aromatic rings. The standard InChI is InChI=1S/C24H23Cl2F6NO4S/c1-38(35,36)37-8-6-22(16-3-4-19(25)20(26)13-16)5-2-7-33(14-22)21(34)11-15-9-17(23(27,28)29)12-18(10-15)24(30,31)32/h3-4,9-10,12-13H,2,5-8,11,14H2,1H3/t22-/m1/s1. The van der Waals surface area contributed by atoms with Crippen molar-refractivity contribution in [2.45, 2.75) is 43.5 Å². The lowest BCUT2D eigenvalue weighted by Gasteiger charge is -2.43. The highest BCUT2D eigenvalue weighted by atomic mass is 35.5. The molecule has 0 radical (unpaired) electrons. The molecule has 0 saturated carbocycles. The topological polar surface area (TPSA) is 63.7 Å². The van der Waals surface area contributed by atoms with Gasteiger partial charge in [0.25, 0.3) is 10.1 Å². The van der Waals surface area contributed by atoms with E-state index >= 15 is 0 Å². The third-order valence-electron chi connectivity index (χ3n) is 6.34. The molecule has 1 aliphatic heterocycles. The van der Waals surface area contributed by atoms with Crippen molar-refractivity contribution in [2.24, 2.45) is 0 Å². The number of halogens is 8. The summed E-state index contributed by atoms with van der Waals surface area (Å²) in [6.07, 6.45) is -8.81. The molecular weight excluding hydrogens is 583 g/mol. The largest absolute Gasteiger partial charge is 0.416 e. The van der Waals surface area contributed by atoms with Gasteiger partial charge in [-0.1, -0.05) is 29.3 Å². The molecule has 1 fully saturated rings. The number of alkyl halides is 6. The smallest absolute Gasteiger partial charge is 0.342 e. The summed E-state index contributed by atoms with van der Waals surface area (Å²) < 4.78 is 107. The highest BCUT2D eigenvalue weighted by molar-refractivity contribution is 7.85. The van der Waals surface area contributed by atoms with Crippen molar-refractivity contribution in [3.8, 4) is 0 Å². The van der Waals surface area contributed by atoms with Crippen LogP contribution in [0.4, 0.5) is 26.3 Å². The normalized spacial score (nSPS) is 19.0. The first-order valence-electron chi connectivity index (χ1n) is 11.3. The number of likely N-dealkylation sites (tertiary alicyclic amines) is 1. The first-order chi connectivity index (χ1) is 17.4. The molecule has 1 heterocycles. The Hall–Kier alpha value is -2.02. The number of hydrogen-bond acceptors (Lipinski definition) is 4. The van der Waals surface area contributed by atoms with Gasteiger partial charge < -0.3 is 4.90 Å². The van der Waals surface area contributed by atoms with Crippen LogP contribution in [0.2, 0.25) is 10.0 Å². The maximum Gasteiger partial charge on any atom is 0.416 e. The summed E-state index contributed by atoms with van der Waals surface area (Å²) in [5.41, 5.74) is -3.64. The molecule has 0 aliphatic carbocycles. The molecule has 0 aromatic heterocycles. The van der Waals surface area contributed by atoms with Gasteiger partial charge in [-0.2, -0.15) is 34.8 Å². The van der Waals surface area contributed by atoms with Crippen LogP contribution in [0.3, 0.4) is 0 Å². The average molecular weight is 606 g/mol. The number of carbonyl (C=O) groups excluding carboxylic acids is 1. The third-order valence-corrected chi connectivity index (χ3v) is 7.68. The molecule has 1 amide bonds. The monoisotopic (exact) mass is 605 g/mol. The number of hydrogen-bond donors (Lipinski definition) is 0. The second kappa shape index (κ2) is 11.2. The fourth-order valence-electron chi connectivity index (χ4n) is 4.55. The third kappa shape index (κ3) is 7.77. The van der Waals surface area contributed by atoms with Crippen LogP contribution in [0.25, 0.3) is 0 Å². The van der Waals surface area contributed by atoms with Crippen LogP contribution in [0.1, 0.15) is 41.5 Å². The zero-order valence-electron chi connectivity index (χ0n) is 19.9. The number of benzene rings is 2. The number of carbonyl (C=O) groups is 1. The molecule has 5 nitrogen and oxygen atoms in total. The van der Waals surface area contributed by atoms with E-state index in [4.69, 9.17) is 27.4 Å². The lowest BCUT2D eigenvalue weighted by atomic mass is 9.72. The van der Waals surface area contributed by atoms with Gasteiger partial charge in [0.15, 0.2) is 0 Å². The van der Waals surface area contributed by atoms with Gasteiger partial charge in [-0.3, -0.25) is 8.98 Å². The van der Waals surface area contributed by atoms with E-state index in [-0.39, 0.29) is 42.2 Å². The second-order valence-corrected chi connectivity index (χ2v) is 11.7. The first kappa shape index (κ1) is 30.5. The summed E-state index contributed by atoms with van der Waals surface area (Å²) in [5, 5.41) is 0.492. The summed E-state index contributed by atoms with van der Waals surface area (Å²) in [5.74, 6) is -0.675. The molecule has 14 heteroatoms. The van der Waals surface area contributed by atoms with E-state index in [9.17, 15) is 39.6 Å². The maximum absolute atomic E-state index is 13.2. The number of nitrogens with zero attached hydrogens (tertiary/aromatic N) is 1. The summed E-state index contributed by atoms with van der Waals surface area (Å²) >= 11 is 12.2. The highest BCUT2D eigenvalue weighted by Gasteiger charge is 2.40. The van der Waals surface area contributed by atoms with Gasteiger partial charge in [0, 0.05) is 18.5 Å². The minimum absolute atomic E-state index is 0.00591. The van der Waals surface area contributed by atoms with E-state index in [0.29, 0.717) is 30.5 Å². The molecule has 0 spiro atoms. The predicted octanol–water partition coefficient (Wildman–Crippen LogP) is 6.50. The van der Waals surface area contributed by atoms with Crippen molar-refractivity contribution in [1.29, 1.82) is 0 Å². The Bertz CT molecular complexity index is 1270. The Labute approximate surface area is 225 Å². The summed E-state index contributed by atoms with van der Waals surface area (Å²) in [7, 11) is -3.76. The molecule has 0 N–H and O–H groups in total. The van der Waals surface area contributed by atoms with Crippen LogP contribution in [-0.2, 0) is 43.3 Å². The van der Waals surface area contributed by atoms with Crippen LogP contribution in [0.15, 0.2) is 36.4 Å². The van der Waals surface area contributed by atoms with E-state index in [1.807, 2.05) is 0 Å². The van der Waals surface area contributed by atoms with Gasteiger partial charge >= 0.3 is 12.4 Å². The molecule has 2 aromatic carbocycles. The van der Waals surface area contributed by atoms with Crippen LogP contribution in [-0.4, -0.2) is 45.2 Å². The minimum Gasteiger partial charge on any atom is -0.342 e. The van der Waals surface area contributed by atoms with Crippen molar-refractivity contribution in [3.63, 3.8) is 0 Å². The Morgan fingerprint density at radius 3 is 2.13 bits per heavy atom. The van der Waals surface area contributed by atoms with Gasteiger partial charge in [-0.25, -0.2) is 0 Å². The molecule has 1 saturated heterocycles. The lowest BCUT2D eigenvalue weighted by Crippen LogP contribution is -2.49. The van der Waals surface area contributed by atoms with Gasteiger partial charge in [-0.15, -0.1) is 0 Å². The molecule has 0 bridgehead atoms. The van der Waals surface area contributed by atoms with Crippen LogP contribution < -0.4 is 0 Å². The number of amides is 1. The fraction of sp³-hybridized carbons (Fsp3) is 0.458. The molecule has 1 atom stereocenters. The van der Waals surface area contributed by atoms with E-state index < -0.39 is 56.9 Å². The van der Waals surface area contributed by atoms with E-state index in [1.165, 1.54) is 4.90 Å². The van der Waals surface area contributed by atoms with Crippen molar-refractivity contribution in [3.05, 3.63) is 68.7 Å². The second-order valence-electron chi connectivity index (χ2n) is 9.20. The van der Waals surface area contributed by atoms with Gasteiger partial charge in [0.2, 0.25) is 5.91 Å². The van der Waals surface area contributed by atoms with E-state index in [1.54, 1.807) is 18.2 Å². The van der Waals surface area contributed by atoms with Crippen molar-refractivity contribution in [1.82, 2.24) is 4.90 Å². The van der Waals surface area contributed by atoms with Gasteiger partial charge in [0.05, 0.1) is 40.5 Å². The average Bonchev–Trinajstić information content (AvgIpc) is 2.78. The summed E-state index contributed by atoms with van der Waals surface area (Å²) in [6.45, 7) is 0.00557. The summed E-state index contributed by atoms with van der Waals surface area (Å²) in [4.78, 5) is 14.5. The van der Waals surface area contributed by atoms with Gasteiger partial charge in [0.1, 0.15) is 0 Å². The Morgan fingerprint density at radius 1 is 1.00 bits per heavy atom. The highest BCUT2D eigenvalue weighted by Crippen LogP contribution is 2.40. The number of rotatable bonds is 7. The Morgan fingerprint density at radius 2 is 1.61 bits per heavy atom. The van der Waals surface area contributed by atoms with Crippen LogP contribution >= 0.6 is 23.2 Å².